The first-order chi connectivity index (χ1) is 15.7. The van der Waals surface area contributed by atoms with E-state index in [1.165, 1.54) is 7.11 Å². The molecule has 2 atom stereocenters. The van der Waals surface area contributed by atoms with Crippen LogP contribution in [0.2, 0.25) is 0 Å². The lowest BCUT2D eigenvalue weighted by atomic mass is 10.1. The van der Waals surface area contributed by atoms with Crippen LogP contribution in [-0.4, -0.2) is 59.7 Å². The van der Waals surface area contributed by atoms with E-state index in [-0.39, 0.29) is 11.9 Å². The van der Waals surface area contributed by atoms with Crippen molar-refractivity contribution in [1.82, 2.24) is 20.4 Å². The van der Waals surface area contributed by atoms with E-state index in [4.69, 9.17) is 9.47 Å². The van der Waals surface area contributed by atoms with Crippen LogP contribution in [0.25, 0.3) is 0 Å². The van der Waals surface area contributed by atoms with Crippen molar-refractivity contribution in [1.29, 1.82) is 0 Å². The van der Waals surface area contributed by atoms with Crippen LogP contribution in [0, 0.1) is 0 Å². The smallest absolute Gasteiger partial charge is 0.259 e. The lowest BCUT2D eigenvalue weighted by Crippen LogP contribution is -2.27. The van der Waals surface area contributed by atoms with Gasteiger partial charge in [0, 0.05) is 32.4 Å². The second-order valence-electron chi connectivity index (χ2n) is 7.34. The number of anilines is 3. The van der Waals surface area contributed by atoms with Crippen LogP contribution in [0.3, 0.4) is 0 Å². The third-order valence-corrected chi connectivity index (χ3v) is 5.21. The maximum atomic E-state index is 12.7. The first kappa shape index (κ1) is 21.4. The standard InChI is InChI=1S/C22H25N7O3/c1-31-17-6-3-5-15(13-17)21(32-2)22(30)25-19-8-9-20(28-27-19)29-12-10-16(14-29)24-18-7-4-11-23-26-18/h3-9,11,13,16,21H,10,12,14H2,1-2H3,(H,24,26)(H,25,27,30)/t16-,21-/m1/s1. The third-order valence-electron chi connectivity index (χ3n) is 5.21. The molecule has 1 saturated heterocycles. The molecule has 10 nitrogen and oxygen atoms in total. The molecule has 0 unspecified atom stereocenters. The van der Waals surface area contributed by atoms with Gasteiger partial charge in [-0.25, -0.2) is 0 Å². The van der Waals surface area contributed by atoms with Gasteiger partial charge in [-0.2, -0.15) is 5.10 Å². The van der Waals surface area contributed by atoms with E-state index >= 15 is 0 Å². The Balaban J connectivity index is 1.35. The van der Waals surface area contributed by atoms with E-state index in [0.29, 0.717) is 17.1 Å². The molecule has 2 aromatic heterocycles. The Morgan fingerprint density at radius 3 is 2.72 bits per heavy atom. The van der Waals surface area contributed by atoms with Crippen molar-refractivity contribution in [3.8, 4) is 5.75 Å². The molecule has 3 heterocycles. The van der Waals surface area contributed by atoms with Crippen molar-refractivity contribution in [3.05, 3.63) is 60.3 Å². The predicted octanol–water partition coefficient (Wildman–Crippen LogP) is 2.29. The molecule has 1 aliphatic rings. The molecule has 0 aliphatic carbocycles. The minimum absolute atomic E-state index is 0.248. The van der Waals surface area contributed by atoms with Gasteiger partial charge >= 0.3 is 0 Å². The lowest BCUT2D eigenvalue weighted by molar-refractivity contribution is -0.126. The number of carbonyl (C=O) groups excluding carboxylic acids is 1. The van der Waals surface area contributed by atoms with Crippen molar-refractivity contribution in [2.24, 2.45) is 0 Å². The van der Waals surface area contributed by atoms with E-state index in [2.05, 4.69) is 35.9 Å². The molecule has 32 heavy (non-hydrogen) atoms. The van der Waals surface area contributed by atoms with Crippen molar-refractivity contribution in [2.75, 3.05) is 42.8 Å². The van der Waals surface area contributed by atoms with Crippen molar-refractivity contribution in [2.45, 2.75) is 18.6 Å². The minimum atomic E-state index is -0.793. The van der Waals surface area contributed by atoms with Crippen molar-refractivity contribution >= 4 is 23.4 Å². The van der Waals surface area contributed by atoms with Gasteiger partial charge in [0.2, 0.25) is 0 Å². The second kappa shape index (κ2) is 10.0. The summed E-state index contributed by atoms with van der Waals surface area (Å²) in [4.78, 5) is 14.9. The zero-order chi connectivity index (χ0) is 22.3. The minimum Gasteiger partial charge on any atom is -0.497 e. The molecule has 0 bridgehead atoms. The summed E-state index contributed by atoms with van der Waals surface area (Å²) in [6, 6.07) is 14.8. The summed E-state index contributed by atoms with van der Waals surface area (Å²) in [5, 5.41) is 22.5. The van der Waals surface area contributed by atoms with E-state index < -0.39 is 6.10 Å². The van der Waals surface area contributed by atoms with E-state index in [0.717, 1.165) is 31.1 Å². The highest BCUT2D eigenvalue weighted by Gasteiger charge is 2.25. The van der Waals surface area contributed by atoms with Gasteiger partial charge in [0.25, 0.3) is 5.91 Å². The van der Waals surface area contributed by atoms with E-state index in [1.807, 2.05) is 36.4 Å². The van der Waals surface area contributed by atoms with Gasteiger partial charge in [-0.3, -0.25) is 4.79 Å². The zero-order valence-electron chi connectivity index (χ0n) is 17.9. The highest BCUT2D eigenvalue weighted by Crippen LogP contribution is 2.24. The fourth-order valence-electron chi connectivity index (χ4n) is 3.63. The molecule has 0 spiro atoms. The average Bonchev–Trinajstić information content (AvgIpc) is 3.29. The third kappa shape index (κ3) is 5.09. The molecule has 0 saturated carbocycles. The van der Waals surface area contributed by atoms with Gasteiger partial charge in [0.15, 0.2) is 17.7 Å². The zero-order valence-corrected chi connectivity index (χ0v) is 17.9. The number of rotatable bonds is 8. The SMILES string of the molecule is COc1cccc([C@@H](OC)C(=O)Nc2ccc(N3CC[C@@H](Nc4cccnn4)C3)nn2)c1. The number of hydrogen-bond donors (Lipinski definition) is 2. The Labute approximate surface area is 186 Å². The highest BCUT2D eigenvalue weighted by atomic mass is 16.5. The number of nitrogens with one attached hydrogen (secondary N) is 2. The molecule has 10 heteroatoms. The normalized spacial score (nSPS) is 16.4. The van der Waals surface area contributed by atoms with Gasteiger partial charge in [0.05, 0.1) is 7.11 Å². The quantitative estimate of drug-likeness (QED) is 0.550. The van der Waals surface area contributed by atoms with Crippen LogP contribution in [0.4, 0.5) is 17.5 Å². The number of amides is 1. The highest BCUT2D eigenvalue weighted by molar-refractivity contribution is 5.94. The predicted molar refractivity (Wildman–Crippen MR) is 120 cm³/mol. The van der Waals surface area contributed by atoms with Crippen molar-refractivity contribution in [3.63, 3.8) is 0 Å². The monoisotopic (exact) mass is 435 g/mol. The maximum Gasteiger partial charge on any atom is 0.259 e. The molecule has 0 radical (unpaired) electrons. The fourth-order valence-corrected chi connectivity index (χ4v) is 3.63. The fraction of sp³-hybridized carbons (Fsp3) is 0.318. The average molecular weight is 435 g/mol. The van der Waals surface area contributed by atoms with Crippen LogP contribution in [0.15, 0.2) is 54.7 Å². The van der Waals surface area contributed by atoms with Crippen molar-refractivity contribution < 1.29 is 14.3 Å². The Kier molecular flexibility index (Phi) is 6.71. The van der Waals surface area contributed by atoms with Crippen LogP contribution >= 0.6 is 0 Å². The van der Waals surface area contributed by atoms with Gasteiger partial charge in [-0.05, 0) is 48.4 Å². The molecular formula is C22H25N7O3. The van der Waals surface area contributed by atoms with Gasteiger partial charge < -0.3 is 25.0 Å². The number of methoxy groups -OCH3 is 2. The molecule has 3 aromatic rings. The number of ether oxygens (including phenoxy) is 2. The summed E-state index contributed by atoms with van der Waals surface area (Å²) in [5.41, 5.74) is 0.688. The molecular weight excluding hydrogens is 410 g/mol. The molecule has 166 valence electrons. The maximum absolute atomic E-state index is 12.7. The molecule has 1 aromatic carbocycles. The van der Waals surface area contributed by atoms with Gasteiger partial charge in [-0.1, -0.05) is 12.1 Å². The largest absolute Gasteiger partial charge is 0.497 e. The lowest BCUT2D eigenvalue weighted by Gasteiger charge is -2.18. The Hall–Kier alpha value is -3.79. The Morgan fingerprint density at radius 2 is 2.00 bits per heavy atom. The summed E-state index contributed by atoms with van der Waals surface area (Å²) in [6.07, 6.45) is 1.80. The molecule has 1 aliphatic heterocycles. The van der Waals surface area contributed by atoms with Crippen LogP contribution in [-0.2, 0) is 9.53 Å². The first-order valence-electron chi connectivity index (χ1n) is 10.3. The topological polar surface area (TPSA) is 114 Å². The number of carbonyl (C=O) groups is 1. The van der Waals surface area contributed by atoms with Crippen LogP contribution in [0.1, 0.15) is 18.1 Å². The molecule has 4 rings (SSSR count). The summed E-state index contributed by atoms with van der Waals surface area (Å²) in [7, 11) is 3.06. The Morgan fingerprint density at radius 1 is 1.09 bits per heavy atom. The number of aromatic nitrogens is 4. The number of benzene rings is 1. The van der Waals surface area contributed by atoms with E-state index in [1.54, 1.807) is 25.4 Å². The van der Waals surface area contributed by atoms with Crippen LogP contribution < -0.4 is 20.3 Å². The van der Waals surface area contributed by atoms with Gasteiger partial charge in [-0.15, -0.1) is 15.3 Å². The van der Waals surface area contributed by atoms with Crippen LogP contribution in [0.5, 0.6) is 5.75 Å². The first-order valence-corrected chi connectivity index (χ1v) is 10.3. The summed E-state index contributed by atoms with van der Waals surface area (Å²) >= 11 is 0. The summed E-state index contributed by atoms with van der Waals surface area (Å²) < 4.78 is 10.6. The number of hydrogen-bond acceptors (Lipinski definition) is 9. The molecule has 1 amide bonds. The second-order valence-corrected chi connectivity index (χ2v) is 7.34. The van der Waals surface area contributed by atoms with E-state index in [9.17, 15) is 4.79 Å². The summed E-state index contributed by atoms with van der Waals surface area (Å²) in [6.45, 7) is 1.62. The summed E-state index contributed by atoms with van der Waals surface area (Å²) in [5.74, 6) is 2.18. The molecule has 1 fully saturated rings. The Bertz CT molecular complexity index is 1030. The van der Waals surface area contributed by atoms with Gasteiger partial charge in [0.1, 0.15) is 11.6 Å². The molecule has 2 N–H and O–H groups in total. The number of nitrogens with zero attached hydrogens (tertiary/aromatic N) is 5.